The molecule has 0 aliphatic heterocycles. The van der Waals surface area contributed by atoms with Crippen LogP contribution in [0.3, 0.4) is 0 Å². The van der Waals surface area contributed by atoms with Crippen LogP contribution >= 0.6 is 23.2 Å². The molecule has 0 aliphatic carbocycles. The molecule has 0 saturated heterocycles. The van der Waals surface area contributed by atoms with Crippen molar-refractivity contribution in [3.05, 3.63) is 33.4 Å². The molecule has 13 heteroatoms. The summed E-state index contributed by atoms with van der Waals surface area (Å²) in [5, 5.41) is 12.3. The largest absolute Gasteiger partial charge is 0.416 e. The molecule has 0 fully saturated rings. The number of aromatic nitrogens is 2. The standard InChI is InChI=1S/C14H12Cl2F3N5O2S/c1-3-27(25,26)23(2)12-10(6-20)22-24(13(12)21)11-8(15)4-7(5-9(11)16)14(17,18)19/h4-5H,3,21H2,1-2H3. The van der Waals surface area contributed by atoms with E-state index in [-0.39, 0.29) is 28.6 Å². The normalized spacial score (nSPS) is 12.1. The third-order valence-corrected chi connectivity index (χ3v) is 5.98. The van der Waals surface area contributed by atoms with Crippen molar-refractivity contribution < 1.29 is 21.6 Å². The monoisotopic (exact) mass is 441 g/mol. The highest BCUT2D eigenvalue weighted by atomic mass is 35.5. The first-order chi connectivity index (χ1) is 12.3. The Kier molecular flexibility index (Phi) is 5.56. The van der Waals surface area contributed by atoms with Crippen LogP contribution in [0.1, 0.15) is 18.2 Å². The molecular formula is C14H12Cl2F3N5O2S. The molecule has 1 aromatic heterocycles. The van der Waals surface area contributed by atoms with E-state index in [1.807, 2.05) is 0 Å². The van der Waals surface area contributed by atoms with E-state index < -0.39 is 31.8 Å². The van der Waals surface area contributed by atoms with Crippen molar-refractivity contribution in [2.24, 2.45) is 0 Å². The van der Waals surface area contributed by atoms with Gasteiger partial charge in [0.15, 0.2) is 11.5 Å². The maximum atomic E-state index is 12.9. The Labute approximate surface area is 162 Å². The highest BCUT2D eigenvalue weighted by molar-refractivity contribution is 7.92. The van der Waals surface area contributed by atoms with Gasteiger partial charge in [-0.1, -0.05) is 23.2 Å². The molecule has 0 saturated carbocycles. The molecule has 0 unspecified atom stereocenters. The van der Waals surface area contributed by atoms with E-state index in [2.05, 4.69) is 5.10 Å². The van der Waals surface area contributed by atoms with Crippen LogP contribution in [-0.2, 0) is 16.2 Å². The van der Waals surface area contributed by atoms with Crippen molar-refractivity contribution in [3.63, 3.8) is 0 Å². The van der Waals surface area contributed by atoms with Crippen LogP contribution in [0, 0.1) is 11.3 Å². The Bertz CT molecular complexity index is 1020. The quantitative estimate of drug-likeness (QED) is 0.781. The first kappa shape index (κ1) is 21.1. The molecule has 7 nitrogen and oxygen atoms in total. The summed E-state index contributed by atoms with van der Waals surface area (Å²) in [6.07, 6.45) is -4.68. The van der Waals surface area contributed by atoms with Gasteiger partial charge in [-0.2, -0.15) is 23.5 Å². The lowest BCUT2D eigenvalue weighted by Gasteiger charge is -2.18. The minimum Gasteiger partial charge on any atom is -0.382 e. The number of alkyl halides is 3. The molecular weight excluding hydrogens is 430 g/mol. The van der Waals surface area contributed by atoms with Gasteiger partial charge in [-0.05, 0) is 19.1 Å². The van der Waals surface area contributed by atoms with Gasteiger partial charge in [0.25, 0.3) is 0 Å². The number of hydrogen-bond donors (Lipinski definition) is 1. The molecule has 0 atom stereocenters. The Morgan fingerprint density at radius 1 is 1.33 bits per heavy atom. The van der Waals surface area contributed by atoms with Crippen LogP contribution in [-0.4, -0.2) is 31.0 Å². The molecule has 146 valence electrons. The van der Waals surface area contributed by atoms with Crippen molar-refractivity contribution in [2.75, 3.05) is 22.8 Å². The summed E-state index contributed by atoms with van der Waals surface area (Å²) in [6, 6.07) is 2.95. The van der Waals surface area contributed by atoms with E-state index in [1.54, 1.807) is 6.07 Å². The Morgan fingerprint density at radius 3 is 2.26 bits per heavy atom. The molecule has 0 radical (unpaired) electrons. The first-order valence-corrected chi connectivity index (χ1v) is 9.53. The zero-order valence-corrected chi connectivity index (χ0v) is 16.2. The molecule has 2 rings (SSSR count). The average Bonchev–Trinajstić information content (AvgIpc) is 2.89. The number of hydrogen-bond acceptors (Lipinski definition) is 5. The number of rotatable bonds is 4. The van der Waals surface area contributed by atoms with E-state index >= 15 is 0 Å². The van der Waals surface area contributed by atoms with Crippen LogP contribution in [0.2, 0.25) is 10.0 Å². The summed E-state index contributed by atoms with van der Waals surface area (Å²) in [6.45, 7) is 1.39. The number of benzene rings is 1. The second-order valence-corrected chi connectivity index (χ2v) is 8.36. The van der Waals surface area contributed by atoms with Gasteiger partial charge >= 0.3 is 6.18 Å². The fourth-order valence-electron chi connectivity index (χ4n) is 2.24. The van der Waals surface area contributed by atoms with E-state index in [0.717, 1.165) is 8.99 Å². The predicted molar refractivity (Wildman–Crippen MR) is 95.6 cm³/mol. The number of halogens is 5. The van der Waals surface area contributed by atoms with Crippen molar-refractivity contribution in [1.29, 1.82) is 5.26 Å². The maximum absolute atomic E-state index is 12.9. The van der Waals surface area contributed by atoms with Crippen LogP contribution in [0.25, 0.3) is 5.69 Å². The molecule has 0 amide bonds. The number of sulfonamides is 1. The molecule has 0 spiro atoms. The molecule has 2 aromatic rings. The van der Waals surface area contributed by atoms with Crippen molar-refractivity contribution in [2.45, 2.75) is 13.1 Å². The zero-order valence-electron chi connectivity index (χ0n) is 13.8. The maximum Gasteiger partial charge on any atom is 0.416 e. The molecule has 0 bridgehead atoms. The minimum absolute atomic E-state index is 0.214. The SMILES string of the molecule is CCS(=O)(=O)N(C)c1c(C#N)nn(-c2c(Cl)cc(C(F)(F)F)cc2Cl)c1N. The number of nitrogens with two attached hydrogens (primary N) is 1. The lowest BCUT2D eigenvalue weighted by atomic mass is 10.2. The predicted octanol–water partition coefficient (Wildman–Crippen LogP) is 3.44. The van der Waals surface area contributed by atoms with Crippen LogP contribution in [0.4, 0.5) is 24.7 Å². The van der Waals surface area contributed by atoms with Crippen molar-refractivity contribution in [1.82, 2.24) is 9.78 Å². The van der Waals surface area contributed by atoms with Crippen LogP contribution in [0.5, 0.6) is 0 Å². The van der Waals surface area contributed by atoms with Gasteiger partial charge in [0, 0.05) is 7.05 Å². The summed E-state index contributed by atoms with van der Waals surface area (Å²) in [5.41, 5.74) is 4.04. The number of nitrogens with zero attached hydrogens (tertiary/aromatic N) is 4. The number of nitriles is 1. The van der Waals surface area contributed by atoms with Gasteiger partial charge < -0.3 is 5.73 Å². The molecule has 1 heterocycles. The second-order valence-electron chi connectivity index (χ2n) is 5.26. The van der Waals surface area contributed by atoms with Gasteiger partial charge in [0.05, 0.1) is 21.4 Å². The van der Waals surface area contributed by atoms with E-state index in [4.69, 9.17) is 28.9 Å². The summed E-state index contributed by atoms with van der Waals surface area (Å²) < 4.78 is 64.4. The second kappa shape index (κ2) is 7.10. The molecule has 1 aromatic carbocycles. The Balaban J connectivity index is 2.75. The topological polar surface area (TPSA) is 105 Å². The summed E-state index contributed by atoms with van der Waals surface area (Å²) in [5.74, 6) is -0.601. The zero-order chi connectivity index (χ0) is 20.7. The van der Waals surface area contributed by atoms with E-state index in [1.165, 1.54) is 14.0 Å². The number of anilines is 2. The van der Waals surface area contributed by atoms with Crippen LogP contribution < -0.4 is 10.0 Å². The van der Waals surface area contributed by atoms with Gasteiger partial charge in [-0.15, -0.1) is 0 Å². The smallest absolute Gasteiger partial charge is 0.382 e. The van der Waals surface area contributed by atoms with Gasteiger partial charge in [-0.25, -0.2) is 13.1 Å². The van der Waals surface area contributed by atoms with Crippen molar-refractivity contribution in [3.8, 4) is 11.8 Å². The van der Waals surface area contributed by atoms with Crippen LogP contribution in [0.15, 0.2) is 12.1 Å². The lowest BCUT2D eigenvalue weighted by molar-refractivity contribution is -0.137. The third kappa shape index (κ3) is 3.78. The fraction of sp³-hybridized carbons (Fsp3) is 0.286. The molecule has 0 aliphatic rings. The van der Waals surface area contributed by atoms with Crippen molar-refractivity contribution >= 4 is 44.7 Å². The Hall–Kier alpha value is -2.16. The Morgan fingerprint density at radius 2 is 1.85 bits per heavy atom. The van der Waals surface area contributed by atoms with Gasteiger partial charge in [0.1, 0.15) is 17.4 Å². The fourth-order valence-corrected chi connectivity index (χ4v) is 3.74. The van der Waals surface area contributed by atoms with Gasteiger partial charge in [0.2, 0.25) is 10.0 Å². The molecule has 27 heavy (non-hydrogen) atoms. The minimum atomic E-state index is -4.68. The van der Waals surface area contributed by atoms with Gasteiger partial charge in [-0.3, -0.25) is 4.31 Å². The lowest BCUT2D eigenvalue weighted by Crippen LogP contribution is -2.29. The highest BCUT2D eigenvalue weighted by Gasteiger charge is 2.33. The van der Waals surface area contributed by atoms with E-state index in [9.17, 15) is 26.9 Å². The summed E-state index contributed by atoms with van der Waals surface area (Å²) in [7, 11) is -2.61. The third-order valence-electron chi connectivity index (χ3n) is 3.65. The summed E-state index contributed by atoms with van der Waals surface area (Å²) >= 11 is 11.9. The highest BCUT2D eigenvalue weighted by Crippen LogP contribution is 2.40. The first-order valence-electron chi connectivity index (χ1n) is 7.17. The molecule has 2 N–H and O–H groups in total. The van der Waals surface area contributed by atoms with E-state index in [0.29, 0.717) is 12.1 Å². The summed E-state index contributed by atoms with van der Waals surface area (Å²) in [4.78, 5) is 0. The number of nitrogen functional groups attached to an aromatic ring is 1. The average molecular weight is 442 g/mol.